The molecule has 132 valence electrons. The zero-order chi connectivity index (χ0) is 18.0. The average Bonchev–Trinajstić information content (AvgIpc) is 2.89. The normalized spacial score (nSPS) is 13.7. The van der Waals surface area contributed by atoms with Gasteiger partial charge in [0.05, 0.1) is 17.9 Å². The van der Waals surface area contributed by atoms with Gasteiger partial charge in [0.2, 0.25) is 5.91 Å². The quantitative estimate of drug-likeness (QED) is 0.859. The van der Waals surface area contributed by atoms with E-state index in [9.17, 15) is 13.2 Å². The maximum absolute atomic E-state index is 12.5. The number of fused-ring (bicyclic) bond motifs is 1. The minimum Gasteiger partial charge on any atom is -0.494 e. The van der Waals surface area contributed by atoms with Gasteiger partial charge in [-0.25, -0.2) is 8.42 Å². The molecule has 0 spiro atoms. The summed E-state index contributed by atoms with van der Waals surface area (Å²) >= 11 is 0. The van der Waals surface area contributed by atoms with Crippen LogP contribution in [0.3, 0.4) is 0 Å². The fourth-order valence-electron chi connectivity index (χ4n) is 2.89. The molecule has 6 nitrogen and oxygen atoms in total. The van der Waals surface area contributed by atoms with Crippen LogP contribution in [0.5, 0.6) is 5.75 Å². The summed E-state index contributed by atoms with van der Waals surface area (Å²) in [5, 5.41) is 0. The molecular weight excluding hydrogens is 340 g/mol. The van der Waals surface area contributed by atoms with Crippen molar-refractivity contribution in [3.63, 3.8) is 0 Å². The topological polar surface area (TPSA) is 75.7 Å². The number of amides is 1. The second-order valence-electron chi connectivity index (χ2n) is 5.67. The molecule has 1 aliphatic heterocycles. The number of likely N-dealkylation sites (N-methyl/N-ethyl adjacent to an activating group) is 1. The lowest BCUT2D eigenvalue weighted by molar-refractivity contribution is -0.117. The zero-order valence-corrected chi connectivity index (χ0v) is 15.0. The van der Waals surface area contributed by atoms with E-state index in [1.54, 1.807) is 35.2 Å². The first kappa shape index (κ1) is 17.3. The van der Waals surface area contributed by atoms with Gasteiger partial charge >= 0.3 is 0 Å². The van der Waals surface area contributed by atoms with Crippen molar-refractivity contribution < 1.29 is 17.9 Å². The molecule has 0 aromatic heterocycles. The van der Waals surface area contributed by atoms with E-state index in [1.165, 1.54) is 12.1 Å². The van der Waals surface area contributed by atoms with Gasteiger partial charge in [0, 0.05) is 17.9 Å². The number of hydrogen-bond acceptors (Lipinski definition) is 4. The van der Waals surface area contributed by atoms with Gasteiger partial charge in [0.25, 0.3) is 10.0 Å². The van der Waals surface area contributed by atoms with Crippen molar-refractivity contribution >= 4 is 27.3 Å². The van der Waals surface area contributed by atoms with Gasteiger partial charge in [-0.1, -0.05) is 0 Å². The molecule has 1 aliphatic rings. The van der Waals surface area contributed by atoms with Crippen molar-refractivity contribution in [3.8, 4) is 5.75 Å². The van der Waals surface area contributed by atoms with E-state index in [-0.39, 0.29) is 10.8 Å². The van der Waals surface area contributed by atoms with Crippen LogP contribution in [-0.2, 0) is 21.2 Å². The Morgan fingerprint density at radius 2 is 1.84 bits per heavy atom. The van der Waals surface area contributed by atoms with E-state index in [1.807, 2.05) is 13.8 Å². The summed E-state index contributed by atoms with van der Waals surface area (Å²) in [5.41, 5.74) is 2.12. The van der Waals surface area contributed by atoms with Crippen LogP contribution in [-0.4, -0.2) is 27.5 Å². The van der Waals surface area contributed by atoms with Crippen LogP contribution in [0.25, 0.3) is 0 Å². The average molecular weight is 360 g/mol. The Hall–Kier alpha value is -2.54. The Kier molecular flexibility index (Phi) is 4.67. The van der Waals surface area contributed by atoms with Crippen molar-refractivity contribution in [1.29, 1.82) is 0 Å². The third-order valence-electron chi connectivity index (χ3n) is 4.03. The SMILES string of the molecule is CCOc1ccc(S(=O)(=O)Nc2ccc3c(c2)CC(=O)N3CC)cc1. The molecule has 0 unspecified atom stereocenters. The number of rotatable bonds is 6. The molecule has 2 aromatic carbocycles. The predicted molar refractivity (Wildman–Crippen MR) is 96.6 cm³/mol. The monoisotopic (exact) mass is 360 g/mol. The number of carbonyl (C=O) groups excluding carboxylic acids is 1. The molecule has 1 heterocycles. The third-order valence-corrected chi connectivity index (χ3v) is 5.42. The molecule has 0 aliphatic carbocycles. The summed E-state index contributed by atoms with van der Waals surface area (Å²) in [7, 11) is -3.70. The number of ether oxygens (including phenoxy) is 1. The first-order chi connectivity index (χ1) is 11.9. The Morgan fingerprint density at radius 1 is 1.12 bits per heavy atom. The zero-order valence-electron chi connectivity index (χ0n) is 14.2. The summed E-state index contributed by atoms with van der Waals surface area (Å²) in [4.78, 5) is 13.8. The van der Waals surface area contributed by atoms with Crippen molar-refractivity contribution in [2.24, 2.45) is 0 Å². The highest BCUT2D eigenvalue weighted by atomic mass is 32.2. The maximum atomic E-state index is 12.5. The van der Waals surface area contributed by atoms with Crippen molar-refractivity contribution in [1.82, 2.24) is 0 Å². The fourth-order valence-corrected chi connectivity index (χ4v) is 3.94. The van der Waals surface area contributed by atoms with Crippen LogP contribution in [0, 0.1) is 0 Å². The van der Waals surface area contributed by atoms with Gasteiger partial charge in [0.1, 0.15) is 5.75 Å². The van der Waals surface area contributed by atoms with E-state index in [4.69, 9.17) is 4.74 Å². The summed E-state index contributed by atoms with van der Waals surface area (Å²) < 4.78 is 32.9. The molecule has 1 amide bonds. The van der Waals surface area contributed by atoms with Gasteiger partial charge < -0.3 is 9.64 Å². The molecule has 0 saturated heterocycles. The van der Waals surface area contributed by atoms with Gasteiger partial charge in [-0.15, -0.1) is 0 Å². The molecule has 1 N–H and O–H groups in total. The molecule has 0 saturated carbocycles. The minimum absolute atomic E-state index is 0.0315. The van der Waals surface area contributed by atoms with Crippen LogP contribution in [0.15, 0.2) is 47.4 Å². The molecule has 0 bridgehead atoms. The van der Waals surface area contributed by atoms with Gasteiger partial charge in [-0.2, -0.15) is 0 Å². The molecule has 2 aromatic rings. The fraction of sp³-hybridized carbons (Fsp3) is 0.278. The second kappa shape index (κ2) is 6.76. The Bertz CT molecular complexity index is 892. The number of nitrogens with zero attached hydrogens (tertiary/aromatic N) is 1. The van der Waals surface area contributed by atoms with E-state index in [0.29, 0.717) is 31.0 Å². The predicted octanol–water partition coefficient (Wildman–Crippen LogP) is 2.80. The number of hydrogen-bond donors (Lipinski definition) is 1. The Morgan fingerprint density at radius 3 is 2.48 bits per heavy atom. The van der Waals surface area contributed by atoms with Crippen LogP contribution >= 0.6 is 0 Å². The lowest BCUT2D eigenvalue weighted by Crippen LogP contribution is -2.25. The van der Waals surface area contributed by atoms with Crippen molar-refractivity contribution in [2.45, 2.75) is 25.2 Å². The largest absolute Gasteiger partial charge is 0.494 e. The smallest absolute Gasteiger partial charge is 0.261 e. The molecular formula is C18H20N2O4S. The third kappa shape index (κ3) is 3.46. The molecule has 0 fully saturated rings. The maximum Gasteiger partial charge on any atom is 0.261 e. The Labute approximate surface area is 147 Å². The molecule has 0 atom stereocenters. The van der Waals surface area contributed by atoms with E-state index in [0.717, 1.165) is 11.3 Å². The molecule has 25 heavy (non-hydrogen) atoms. The van der Waals surface area contributed by atoms with Gasteiger partial charge in [0.15, 0.2) is 0 Å². The number of benzene rings is 2. The first-order valence-corrected chi connectivity index (χ1v) is 9.62. The van der Waals surface area contributed by atoms with Crippen LogP contribution in [0.2, 0.25) is 0 Å². The van der Waals surface area contributed by atoms with Crippen LogP contribution in [0.4, 0.5) is 11.4 Å². The number of anilines is 2. The molecule has 7 heteroatoms. The van der Waals surface area contributed by atoms with E-state index in [2.05, 4.69) is 4.72 Å². The lowest BCUT2D eigenvalue weighted by atomic mass is 10.1. The first-order valence-electron chi connectivity index (χ1n) is 8.13. The van der Waals surface area contributed by atoms with Gasteiger partial charge in [-0.3, -0.25) is 9.52 Å². The highest BCUT2D eigenvalue weighted by Gasteiger charge is 2.26. The highest BCUT2D eigenvalue weighted by molar-refractivity contribution is 7.92. The standard InChI is InChI=1S/C18H20N2O4S/c1-3-20-17-10-5-14(11-13(17)12-18(20)21)19-25(22,23)16-8-6-15(7-9-16)24-4-2/h5-11,19H,3-4,12H2,1-2H3. The molecule has 3 rings (SSSR count). The van der Waals surface area contributed by atoms with Crippen LogP contribution in [0.1, 0.15) is 19.4 Å². The highest BCUT2D eigenvalue weighted by Crippen LogP contribution is 2.31. The van der Waals surface area contributed by atoms with E-state index >= 15 is 0 Å². The number of nitrogens with one attached hydrogen (secondary N) is 1. The van der Waals surface area contributed by atoms with Crippen molar-refractivity contribution in [2.75, 3.05) is 22.8 Å². The second-order valence-corrected chi connectivity index (χ2v) is 7.35. The Balaban J connectivity index is 1.82. The summed E-state index contributed by atoms with van der Waals surface area (Å²) in [5.74, 6) is 0.654. The summed E-state index contributed by atoms with van der Waals surface area (Å²) in [6, 6.07) is 11.4. The summed E-state index contributed by atoms with van der Waals surface area (Å²) in [6.45, 7) is 4.90. The summed E-state index contributed by atoms with van der Waals surface area (Å²) in [6.07, 6.45) is 0.293. The number of sulfonamides is 1. The van der Waals surface area contributed by atoms with Crippen molar-refractivity contribution in [3.05, 3.63) is 48.0 Å². The minimum atomic E-state index is -3.70. The molecule has 0 radical (unpaired) electrons. The lowest BCUT2D eigenvalue weighted by Gasteiger charge is -2.15. The van der Waals surface area contributed by atoms with Gasteiger partial charge in [-0.05, 0) is 61.9 Å². The van der Waals surface area contributed by atoms with E-state index < -0.39 is 10.0 Å². The number of carbonyl (C=O) groups is 1. The van der Waals surface area contributed by atoms with Crippen LogP contribution < -0.4 is 14.4 Å².